The van der Waals surface area contributed by atoms with Gasteiger partial charge in [-0.3, -0.25) is 4.79 Å². The Kier molecular flexibility index (Phi) is 1.25. The highest BCUT2D eigenvalue weighted by molar-refractivity contribution is 6.06. The first-order chi connectivity index (χ1) is 4.13. The van der Waals surface area contributed by atoms with Crippen LogP contribution in [-0.2, 0) is 4.79 Å². The van der Waals surface area contributed by atoms with E-state index in [-0.39, 0.29) is 11.8 Å². The van der Waals surface area contributed by atoms with Gasteiger partial charge in [0.1, 0.15) is 0 Å². The van der Waals surface area contributed by atoms with Crippen molar-refractivity contribution in [2.75, 3.05) is 0 Å². The average molecular weight is 127 g/mol. The summed E-state index contributed by atoms with van der Waals surface area (Å²) in [5.74, 6) is 4.89. The summed E-state index contributed by atoms with van der Waals surface area (Å²) in [6.07, 6.45) is 0. The Hall–Kier alpha value is -0.900. The molecule has 0 aromatic carbocycles. The third-order valence-corrected chi connectivity index (χ3v) is 1.49. The first-order valence-corrected chi connectivity index (χ1v) is 2.76. The van der Waals surface area contributed by atoms with Crippen LogP contribution >= 0.6 is 0 Å². The number of nitrogens with two attached hydrogens (primary N) is 1. The Labute approximate surface area is 53.3 Å². The number of amides is 1. The van der Waals surface area contributed by atoms with E-state index in [1.165, 1.54) is 0 Å². The average Bonchev–Trinajstić information content (AvgIpc) is 1.98. The van der Waals surface area contributed by atoms with E-state index in [2.05, 4.69) is 5.10 Å². The van der Waals surface area contributed by atoms with E-state index in [1.54, 1.807) is 13.8 Å². The molecule has 1 atom stereocenters. The third-order valence-electron chi connectivity index (χ3n) is 1.49. The van der Waals surface area contributed by atoms with E-state index in [4.69, 9.17) is 5.84 Å². The number of hydrazine groups is 1. The summed E-state index contributed by atoms with van der Waals surface area (Å²) in [5.41, 5.74) is 0.780. The van der Waals surface area contributed by atoms with Crippen molar-refractivity contribution in [3.8, 4) is 0 Å². The van der Waals surface area contributed by atoms with Gasteiger partial charge in [0.25, 0.3) is 5.91 Å². The molecule has 0 saturated carbocycles. The molecule has 1 unspecified atom stereocenters. The number of nitrogens with zero attached hydrogens (tertiary/aromatic N) is 2. The number of rotatable bonds is 0. The van der Waals surface area contributed by atoms with E-state index in [9.17, 15) is 4.79 Å². The largest absolute Gasteiger partial charge is 0.271 e. The highest BCUT2D eigenvalue weighted by Gasteiger charge is 2.26. The quantitative estimate of drug-likeness (QED) is 0.359. The van der Waals surface area contributed by atoms with Crippen LogP contribution in [0.25, 0.3) is 0 Å². The molecule has 0 aliphatic carbocycles. The molecule has 2 N–H and O–H groups in total. The van der Waals surface area contributed by atoms with Crippen LogP contribution in [0.5, 0.6) is 0 Å². The Balaban J connectivity index is 2.82. The van der Waals surface area contributed by atoms with E-state index in [1.807, 2.05) is 0 Å². The fourth-order valence-electron chi connectivity index (χ4n) is 0.683. The highest BCUT2D eigenvalue weighted by Crippen LogP contribution is 2.09. The molecular weight excluding hydrogens is 118 g/mol. The van der Waals surface area contributed by atoms with Gasteiger partial charge in [0.05, 0.1) is 5.92 Å². The van der Waals surface area contributed by atoms with Crippen molar-refractivity contribution < 1.29 is 4.79 Å². The molecule has 9 heavy (non-hydrogen) atoms. The van der Waals surface area contributed by atoms with Crippen LogP contribution in [0.3, 0.4) is 0 Å². The standard InChI is InChI=1S/C5H9N3O/c1-3-4(2)7-8(6)5(3)9/h3H,6H2,1-2H3. The summed E-state index contributed by atoms with van der Waals surface area (Å²) in [6, 6.07) is 0. The van der Waals surface area contributed by atoms with Crippen molar-refractivity contribution >= 4 is 11.6 Å². The van der Waals surface area contributed by atoms with Gasteiger partial charge in [-0.05, 0) is 13.8 Å². The van der Waals surface area contributed by atoms with Gasteiger partial charge in [0, 0.05) is 5.71 Å². The summed E-state index contributed by atoms with van der Waals surface area (Å²) in [6.45, 7) is 3.57. The second kappa shape index (κ2) is 1.80. The summed E-state index contributed by atoms with van der Waals surface area (Å²) in [5, 5.41) is 4.62. The van der Waals surface area contributed by atoms with Crippen molar-refractivity contribution in [3.63, 3.8) is 0 Å². The fourth-order valence-corrected chi connectivity index (χ4v) is 0.683. The maximum absolute atomic E-state index is 10.8. The van der Waals surface area contributed by atoms with Crippen molar-refractivity contribution in [1.82, 2.24) is 5.12 Å². The van der Waals surface area contributed by atoms with Crippen molar-refractivity contribution in [3.05, 3.63) is 0 Å². The van der Waals surface area contributed by atoms with Crippen LogP contribution in [0, 0.1) is 5.92 Å². The van der Waals surface area contributed by atoms with Crippen LogP contribution in [-0.4, -0.2) is 16.7 Å². The number of hydrazone groups is 1. The van der Waals surface area contributed by atoms with E-state index < -0.39 is 0 Å². The second-order valence-electron chi connectivity index (χ2n) is 2.15. The van der Waals surface area contributed by atoms with Gasteiger partial charge < -0.3 is 0 Å². The molecule has 4 heteroatoms. The van der Waals surface area contributed by atoms with E-state index in [0.29, 0.717) is 0 Å². The maximum atomic E-state index is 10.8. The normalized spacial score (nSPS) is 27.0. The monoisotopic (exact) mass is 127 g/mol. The molecule has 0 aromatic heterocycles. The summed E-state index contributed by atoms with van der Waals surface area (Å²) in [4.78, 5) is 10.8. The van der Waals surface area contributed by atoms with Gasteiger partial charge in [-0.25, -0.2) is 5.84 Å². The minimum Gasteiger partial charge on any atom is -0.271 e. The molecule has 1 aliphatic heterocycles. The summed E-state index contributed by atoms with van der Waals surface area (Å²) in [7, 11) is 0. The molecular formula is C5H9N3O. The minimum atomic E-state index is -0.132. The molecule has 0 aromatic rings. The lowest BCUT2D eigenvalue weighted by molar-refractivity contribution is -0.131. The zero-order valence-corrected chi connectivity index (χ0v) is 5.46. The van der Waals surface area contributed by atoms with Crippen LogP contribution in [0.4, 0.5) is 0 Å². The van der Waals surface area contributed by atoms with E-state index >= 15 is 0 Å². The molecule has 0 radical (unpaired) electrons. The number of carbonyl (C=O) groups is 1. The van der Waals surface area contributed by atoms with Gasteiger partial charge in [-0.2, -0.15) is 10.2 Å². The van der Waals surface area contributed by atoms with E-state index in [0.717, 1.165) is 10.8 Å². The number of carbonyl (C=O) groups excluding carboxylic acids is 1. The zero-order valence-electron chi connectivity index (χ0n) is 5.46. The summed E-state index contributed by atoms with van der Waals surface area (Å²) < 4.78 is 0. The molecule has 1 aliphatic rings. The topological polar surface area (TPSA) is 58.7 Å². The maximum Gasteiger partial charge on any atom is 0.266 e. The lowest BCUT2D eigenvalue weighted by Gasteiger charge is -2.01. The Bertz CT molecular complexity index is 175. The minimum absolute atomic E-state index is 0.130. The first-order valence-electron chi connectivity index (χ1n) is 2.76. The Morgan fingerprint density at radius 3 is 2.44 bits per heavy atom. The van der Waals surface area contributed by atoms with Crippen LogP contribution in [0.1, 0.15) is 13.8 Å². The molecule has 1 amide bonds. The lowest BCUT2D eigenvalue weighted by Crippen LogP contribution is -2.31. The number of hydrogen-bond donors (Lipinski definition) is 1. The van der Waals surface area contributed by atoms with Gasteiger partial charge in [0.2, 0.25) is 0 Å². The van der Waals surface area contributed by atoms with Crippen molar-refractivity contribution in [2.45, 2.75) is 13.8 Å². The molecule has 0 fully saturated rings. The molecule has 0 saturated heterocycles. The van der Waals surface area contributed by atoms with Crippen molar-refractivity contribution in [2.24, 2.45) is 16.9 Å². The van der Waals surface area contributed by atoms with Gasteiger partial charge in [0.15, 0.2) is 0 Å². The second-order valence-corrected chi connectivity index (χ2v) is 2.15. The van der Waals surface area contributed by atoms with Crippen LogP contribution in [0.15, 0.2) is 5.10 Å². The SMILES string of the molecule is CC1=NN(N)C(=O)C1C. The predicted molar refractivity (Wildman–Crippen MR) is 33.3 cm³/mol. The summed E-state index contributed by atoms with van der Waals surface area (Å²) >= 11 is 0. The number of hydrogen-bond acceptors (Lipinski definition) is 3. The third kappa shape index (κ3) is 0.810. The molecule has 50 valence electrons. The Morgan fingerprint density at radius 2 is 2.33 bits per heavy atom. The molecule has 4 nitrogen and oxygen atoms in total. The molecule has 0 spiro atoms. The van der Waals surface area contributed by atoms with Gasteiger partial charge in [-0.1, -0.05) is 0 Å². The Morgan fingerprint density at radius 1 is 1.78 bits per heavy atom. The molecule has 1 rings (SSSR count). The zero-order chi connectivity index (χ0) is 7.02. The van der Waals surface area contributed by atoms with Crippen LogP contribution in [0.2, 0.25) is 0 Å². The molecule has 0 bridgehead atoms. The van der Waals surface area contributed by atoms with Gasteiger partial charge in [-0.15, -0.1) is 0 Å². The van der Waals surface area contributed by atoms with Crippen molar-refractivity contribution in [1.29, 1.82) is 0 Å². The smallest absolute Gasteiger partial charge is 0.266 e. The lowest BCUT2D eigenvalue weighted by atomic mass is 10.1. The first kappa shape index (κ1) is 6.22. The van der Waals surface area contributed by atoms with Crippen LogP contribution < -0.4 is 5.84 Å². The van der Waals surface area contributed by atoms with Gasteiger partial charge >= 0.3 is 0 Å². The highest BCUT2D eigenvalue weighted by atomic mass is 16.2. The fraction of sp³-hybridized carbons (Fsp3) is 0.600. The molecule has 1 heterocycles. The predicted octanol–water partition coefficient (Wildman–Crippen LogP) is -0.286.